The zero-order valence-corrected chi connectivity index (χ0v) is 8.20. The Kier molecular flexibility index (Phi) is 3.50. The minimum absolute atomic E-state index is 0.00250. The largest absolute Gasteiger partial charge is 0.229 e. The normalized spacial score (nSPS) is 13.3. The zero-order valence-electron chi connectivity index (χ0n) is 6.57. The molecule has 0 unspecified atom stereocenters. The molecule has 68 valence electrons. The Bertz CT molecular complexity index is 297. The van der Waals surface area contributed by atoms with Crippen molar-refractivity contribution in [2.24, 2.45) is 0 Å². The van der Waals surface area contributed by atoms with Crippen LogP contribution < -0.4 is 0 Å². The molecule has 0 aliphatic carbocycles. The number of hydrogen-bond donors (Lipinski definition) is 0. The molecule has 0 aromatic rings. The molecule has 11 heavy (non-hydrogen) atoms. The maximum absolute atomic E-state index is 10.8. The van der Waals surface area contributed by atoms with Crippen molar-refractivity contribution >= 4 is 19.7 Å². The highest BCUT2D eigenvalue weighted by Crippen LogP contribution is 1.92. The summed E-state index contributed by atoms with van der Waals surface area (Å²) in [6.07, 6.45) is 1.03. The molecule has 0 fully saturated rings. The van der Waals surface area contributed by atoms with Crippen molar-refractivity contribution in [3.8, 4) is 0 Å². The lowest BCUT2D eigenvalue weighted by atomic mass is 10.9. The summed E-state index contributed by atoms with van der Waals surface area (Å²) < 4.78 is 42.6. The van der Waals surface area contributed by atoms with Crippen LogP contribution in [0.2, 0.25) is 0 Å². The number of sulfone groups is 2. The van der Waals surface area contributed by atoms with E-state index in [1.165, 1.54) is 6.92 Å². The first-order chi connectivity index (χ1) is 4.77. The Morgan fingerprint density at radius 2 is 1.45 bits per heavy atom. The summed E-state index contributed by atoms with van der Waals surface area (Å²) in [6.45, 7) is 1.50. The SMILES string of the molecule is CCS(=O)(=O)CCS(C)(=O)=O. The fourth-order valence-electron chi connectivity index (χ4n) is 0.423. The average molecular weight is 200 g/mol. The van der Waals surface area contributed by atoms with Gasteiger partial charge in [0, 0.05) is 12.0 Å². The summed E-state index contributed by atoms with van der Waals surface area (Å²) >= 11 is 0. The first kappa shape index (κ1) is 10.9. The molecule has 0 bridgehead atoms. The van der Waals surface area contributed by atoms with Gasteiger partial charge in [-0.2, -0.15) is 0 Å². The van der Waals surface area contributed by atoms with E-state index in [4.69, 9.17) is 0 Å². The second-order valence-corrected chi connectivity index (χ2v) is 7.10. The van der Waals surface area contributed by atoms with Gasteiger partial charge < -0.3 is 0 Å². The molecule has 0 atom stereocenters. The summed E-state index contributed by atoms with van der Waals surface area (Å²) in [4.78, 5) is 0. The Morgan fingerprint density at radius 1 is 1.00 bits per heavy atom. The van der Waals surface area contributed by atoms with E-state index < -0.39 is 19.7 Å². The van der Waals surface area contributed by atoms with Crippen LogP contribution in [0.4, 0.5) is 0 Å². The molecule has 6 heteroatoms. The van der Waals surface area contributed by atoms with Gasteiger partial charge in [0.25, 0.3) is 0 Å². The summed E-state index contributed by atoms with van der Waals surface area (Å²) in [7, 11) is -6.28. The highest BCUT2D eigenvalue weighted by molar-refractivity contribution is 7.94. The molecule has 0 aliphatic heterocycles. The van der Waals surface area contributed by atoms with E-state index in [0.717, 1.165) is 6.26 Å². The van der Waals surface area contributed by atoms with Crippen LogP contribution >= 0.6 is 0 Å². The fraction of sp³-hybridized carbons (Fsp3) is 1.00. The molecule has 4 nitrogen and oxygen atoms in total. The van der Waals surface area contributed by atoms with Crippen LogP contribution in [-0.2, 0) is 19.7 Å². The Labute approximate surface area is 67.4 Å². The van der Waals surface area contributed by atoms with Gasteiger partial charge in [0.05, 0.1) is 11.5 Å². The summed E-state index contributed by atoms with van der Waals surface area (Å²) in [5, 5.41) is 0. The van der Waals surface area contributed by atoms with Gasteiger partial charge in [0.15, 0.2) is 9.84 Å². The van der Waals surface area contributed by atoms with Gasteiger partial charge in [-0.1, -0.05) is 6.92 Å². The van der Waals surface area contributed by atoms with Gasteiger partial charge in [-0.15, -0.1) is 0 Å². The molecule has 0 radical (unpaired) electrons. The van der Waals surface area contributed by atoms with Gasteiger partial charge in [-0.25, -0.2) is 16.8 Å². The molecule has 0 N–H and O–H groups in total. The monoisotopic (exact) mass is 200 g/mol. The molecule has 0 rings (SSSR count). The van der Waals surface area contributed by atoms with E-state index in [-0.39, 0.29) is 17.3 Å². The predicted molar refractivity (Wildman–Crippen MR) is 44.0 cm³/mol. The third kappa shape index (κ3) is 6.30. The maximum Gasteiger partial charge on any atom is 0.151 e. The molecular weight excluding hydrogens is 188 g/mol. The Hall–Kier alpha value is -0.100. The highest BCUT2D eigenvalue weighted by Gasteiger charge is 2.11. The van der Waals surface area contributed by atoms with Gasteiger partial charge in [0.1, 0.15) is 9.84 Å². The third-order valence-corrected chi connectivity index (χ3v) is 4.11. The molecule has 0 aromatic heterocycles. The zero-order chi connectivity index (χ0) is 9.12. The lowest BCUT2D eigenvalue weighted by Gasteiger charge is -1.97. The molecule has 0 heterocycles. The van der Waals surface area contributed by atoms with Crippen molar-refractivity contribution < 1.29 is 16.8 Å². The van der Waals surface area contributed by atoms with Crippen LogP contribution in [0.15, 0.2) is 0 Å². The van der Waals surface area contributed by atoms with Gasteiger partial charge >= 0.3 is 0 Å². The average Bonchev–Trinajstić information content (AvgIpc) is 1.83. The lowest BCUT2D eigenvalue weighted by molar-refractivity contribution is 0.591. The van der Waals surface area contributed by atoms with E-state index in [2.05, 4.69) is 0 Å². The fourth-order valence-corrected chi connectivity index (χ4v) is 2.94. The van der Waals surface area contributed by atoms with Crippen molar-refractivity contribution in [1.82, 2.24) is 0 Å². The summed E-state index contributed by atoms with van der Waals surface area (Å²) in [5.74, 6) is -0.534. The van der Waals surface area contributed by atoms with Gasteiger partial charge in [-0.3, -0.25) is 0 Å². The topological polar surface area (TPSA) is 68.3 Å². The van der Waals surface area contributed by atoms with E-state index in [1.807, 2.05) is 0 Å². The second kappa shape index (κ2) is 3.53. The van der Waals surface area contributed by atoms with Crippen LogP contribution in [0.5, 0.6) is 0 Å². The van der Waals surface area contributed by atoms with Crippen LogP contribution in [0.25, 0.3) is 0 Å². The van der Waals surface area contributed by atoms with Crippen molar-refractivity contribution in [3.63, 3.8) is 0 Å². The third-order valence-electron chi connectivity index (χ3n) is 1.20. The molecular formula is C5H12O4S2. The van der Waals surface area contributed by atoms with Gasteiger partial charge in [0.2, 0.25) is 0 Å². The quantitative estimate of drug-likeness (QED) is 0.611. The Balaban J connectivity index is 4.13. The first-order valence-corrected chi connectivity index (χ1v) is 7.03. The Morgan fingerprint density at radius 3 is 1.73 bits per heavy atom. The summed E-state index contributed by atoms with van der Waals surface area (Å²) in [6, 6.07) is 0. The van der Waals surface area contributed by atoms with Crippen LogP contribution in [0.3, 0.4) is 0 Å². The maximum atomic E-state index is 10.8. The molecule has 0 amide bonds. The standard InChI is InChI=1S/C5H12O4S2/c1-3-11(8,9)5-4-10(2,6)7/h3-5H2,1-2H3. The summed E-state index contributed by atoms with van der Waals surface area (Å²) in [5.41, 5.74) is 0. The molecule has 0 saturated heterocycles. The minimum atomic E-state index is -3.15. The van der Waals surface area contributed by atoms with E-state index in [1.54, 1.807) is 0 Å². The van der Waals surface area contributed by atoms with Crippen LogP contribution in [0.1, 0.15) is 6.92 Å². The van der Waals surface area contributed by atoms with Crippen molar-refractivity contribution in [3.05, 3.63) is 0 Å². The molecule has 0 aromatic carbocycles. The molecule has 0 saturated carbocycles. The minimum Gasteiger partial charge on any atom is -0.229 e. The molecule has 0 aliphatic rings. The smallest absolute Gasteiger partial charge is 0.151 e. The first-order valence-electron chi connectivity index (χ1n) is 3.15. The number of rotatable bonds is 4. The van der Waals surface area contributed by atoms with Crippen molar-refractivity contribution in [2.45, 2.75) is 6.92 Å². The van der Waals surface area contributed by atoms with E-state index in [0.29, 0.717) is 0 Å². The van der Waals surface area contributed by atoms with Gasteiger partial charge in [-0.05, 0) is 0 Å². The van der Waals surface area contributed by atoms with Crippen molar-refractivity contribution in [1.29, 1.82) is 0 Å². The predicted octanol–water partition coefficient (Wildman–Crippen LogP) is -0.534. The van der Waals surface area contributed by atoms with Crippen LogP contribution in [-0.4, -0.2) is 40.3 Å². The second-order valence-electron chi connectivity index (χ2n) is 2.37. The van der Waals surface area contributed by atoms with Crippen LogP contribution in [0, 0.1) is 0 Å². The van der Waals surface area contributed by atoms with E-state index >= 15 is 0 Å². The highest BCUT2D eigenvalue weighted by atomic mass is 32.2. The van der Waals surface area contributed by atoms with E-state index in [9.17, 15) is 16.8 Å². The number of hydrogen-bond acceptors (Lipinski definition) is 4. The lowest BCUT2D eigenvalue weighted by Crippen LogP contribution is -2.17. The van der Waals surface area contributed by atoms with Crippen molar-refractivity contribution in [2.75, 3.05) is 23.5 Å². The molecule has 0 spiro atoms.